The third kappa shape index (κ3) is 2.91. The fourth-order valence-corrected chi connectivity index (χ4v) is 1.78. The van der Waals surface area contributed by atoms with E-state index >= 15 is 0 Å². The predicted molar refractivity (Wildman–Crippen MR) is 59.8 cm³/mol. The van der Waals surface area contributed by atoms with E-state index in [1.54, 1.807) is 6.07 Å². The first-order chi connectivity index (χ1) is 7.10. The molecule has 1 unspecified atom stereocenters. The molecule has 0 aliphatic heterocycles. The molecule has 0 spiro atoms. The second kappa shape index (κ2) is 5.45. The van der Waals surface area contributed by atoms with Crippen molar-refractivity contribution in [2.75, 3.05) is 0 Å². The van der Waals surface area contributed by atoms with E-state index in [0.717, 1.165) is 24.0 Å². The maximum absolute atomic E-state index is 12.5. The molecule has 1 aromatic rings. The molecule has 84 valence electrons. The number of halogens is 3. The average Bonchev–Trinajstić information content (AvgIpc) is 2.27. The highest BCUT2D eigenvalue weighted by Gasteiger charge is 2.21. The molecular weight excluding hydrogens is 218 g/mol. The fourth-order valence-electron chi connectivity index (χ4n) is 1.58. The molecule has 3 heteroatoms. The maximum Gasteiger partial charge on any atom is 0.258 e. The molecule has 0 N–H and O–H groups in total. The van der Waals surface area contributed by atoms with Gasteiger partial charge < -0.3 is 0 Å². The van der Waals surface area contributed by atoms with E-state index in [4.69, 9.17) is 11.6 Å². The summed E-state index contributed by atoms with van der Waals surface area (Å²) >= 11 is 5.70. The minimum absolute atomic E-state index is 0.577. The van der Waals surface area contributed by atoms with Crippen molar-refractivity contribution in [3.63, 3.8) is 0 Å². The Morgan fingerprint density at radius 3 is 2.33 bits per heavy atom. The van der Waals surface area contributed by atoms with E-state index in [0.29, 0.717) is 5.56 Å². The van der Waals surface area contributed by atoms with Crippen molar-refractivity contribution < 1.29 is 8.78 Å². The van der Waals surface area contributed by atoms with Gasteiger partial charge in [0.2, 0.25) is 0 Å². The lowest BCUT2D eigenvalue weighted by Gasteiger charge is -2.14. The Bertz CT molecular complexity index is 323. The quantitative estimate of drug-likeness (QED) is 0.677. The number of aryl methyl sites for hydroxylation is 2. The Balaban J connectivity index is 3.11. The highest BCUT2D eigenvalue weighted by molar-refractivity contribution is 6.21. The first-order valence-corrected chi connectivity index (χ1v) is 5.57. The van der Waals surface area contributed by atoms with Gasteiger partial charge in [0.05, 0.1) is 0 Å². The van der Waals surface area contributed by atoms with E-state index in [1.807, 2.05) is 26.0 Å². The van der Waals surface area contributed by atoms with Crippen LogP contribution in [0.4, 0.5) is 8.78 Å². The van der Waals surface area contributed by atoms with Gasteiger partial charge in [-0.05, 0) is 29.5 Å². The minimum atomic E-state index is -2.51. The molecule has 0 saturated carbocycles. The summed E-state index contributed by atoms with van der Waals surface area (Å²) in [5, 5.41) is -1.19. The van der Waals surface area contributed by atoms with Crippen LogP contribution in [-0.4, -0.2) is 6.43 Å². The van der Waals surface area contributed by atoms with Gasteiger partial charge in [-0.3, -0.25) is 0 Å². The number of hydrogen-bond acceptors (Lipinski definition) is 0. The van der Waals surface area contributed by atoms with Gasteiger partial charge in [0.1, 0.15) is 5.38 Å². The molecular formula is C12H15ClF2. The van der Waals surface area contributed by atoms with E-state index in [1.165, 1.54) is 0 Å². The minimum Gasteiger partial charge on any atom is -0.208 e. The molecule has 0 aliphatic rings. The van der Waals surface area contributed by atoms with Crippen molar-refractivity contribution >= 4 is 11.6 Å². The average molecular weight is 233 g/mol. The molecule has 0 nitrogen and oxygen atoms in total. The lowest BCUT2D eigenvalue weighted by atomic mass is 9.98. The molecule has 0 aromatic heterocycles. The number of benzene rings is 1. The Morgan fingerprint density at radius 2 is 1.87 bits per heavy atom. The summed E-state index contributed by atoms with van der Waals surface area (Å²) in [5.41, 5.74) is 2.54. The number of hydrogen-bond donors (Lipinski definition) is 0. The summed E-state index contributed by atoms with van der Waals surface area (Å²) < 4.78 is 25.1. The second-order valence-electron chi connectivity index (χ2n) is 3.48. The maximum atomic E-state index is 12.5. The molecule has 1 atom stereocenters. The van der Waals surface area contributed by atoms with Crippen molar-refractivity contribution in [1.29, 1.82) is 0 Å². The van der Waals surface area contributed by atoms with Crippen LogP contribution in [0.2, 0.25) is 0 Å². The van der Waals surface area contributed by atoms with Gasteiger partial charge in [-0.25, -0.2) is 8.78 Å². The summed E-state index contributed by atoms with van der Waals surface area (Å²) in [5.74, 6) is 0. The van der Waals surface area contributed by atoms with Gasteiger partial charge >= 0.3 is 0 Å². The van der Waals surface area contributed by atoms with Gasteiger partial charge in [-0.2, -0.15) is 0 Å². The second-order valence-corrected chi connectivity index (χ2v) is 3.95. The Labute approximate surface area is 94.3 Å². The Morgan fingerprint density at radius 1 is 1.20 bits per heavy atom. The summed E-state index contributed by atoms with van der Waals surface area (Å²) in [6.45, 7) is 3.94. The smallest absolute Gasteiger partial charge is 0.208 e. The van der Waals surface area contributed by atoms with Crippen molar-refractivity contribution in [2.45, 2.75) is 38.5 Å². The standard InChI is InChI=1S/C12H15ClF2/c1-3-8-5-6-9(4-2)10(7-8)11(13)12(14)15/h5-7,11-12H,3-4H2,1-2H3. The first-order valence-electron chi connectivity index (χ1n) is 5.14. The predicted octanol–water partition coefficient (Wildman–Crippen LogP) is 4.36. The highest BCUT2D eigenvalue weighted by atomic mass is 35.5. The Kier molecular flexibility index (Phi) is 4.52. The van der Waals surface area contributed by atoms with Gasteiger partial charge in [0.25, 0.3) is 6.43 Å². The molecule has 0 bridgehead atoms. The topological polar surface area (TPSA) is 0 Å². The van der Waals surface area contributed by atoms with Crippen molar-refractivity contribution in [2.24, 2.45) is 0 Å². The van der Waals surface area contributed by atoms with Crippen molar-refractivity contribution in [3.05, 3.63) is 34.9 Å². The fraction of sp³-hybridized carbons (Fsp3) is 0.500. The highest BCUT2D eigenvalue weighted by Crippen LogP contribution is 2.31. The molecule has 0 aliphatic carbocycles. The lowest BCUT2D eigenvalue weighted by molar-refractivity contribution is 0.142. The molecule has 0 amide bonds. The molecule has 15 heavy (non-hydrogen) atoms. The number of rotatable bonds is 4. The number of alkyl halides is 3. The zero-order chi connectivity index (χ0) is 11.4. The summed E-state index contributed by atoms with van der Waals surface area (Å²) in [7, 11) is 0. The molecule has 1 aromatic carbocycles. The van der Waals surface area contributed by atoms with E-state index in [2.05, 4.69) is 0 Å². The molecule has 1 rings (SSSR count). The third-order valence-electron chi connectivity index (χ3n) is 2.52. The van der Waals surface area contributed by atoms with Crippen LogP contribution in [0, 0.1) is 0 Å². The SMILES string of the molecule is CCc1ccc(CC)c(C(Cl)C(F)F)c1. The molecule has 0 radical (unpaired) electrons. The van der Waals surface area contributed by atoms with Crippen LogP contribution in [0.1, 0.15) is 35.9 Å². The summed E-state index contributed by atoms with van der Waals surface area (Å²) in [4.78, 5) is 0. The summed E-state index contributed by atoms with van der Waals surface area (Å²) in [6.07, 6.45) is -0.942. The molecule has 0 fully saturated rings. The van der Waals surface area contributed by atoms with E-state index < -0.39 is 11.8 Å². The van der Waals surface area contributed by atoms with Gasteiger partial charge in [0.15, 0.2) is 0 Å². The van der Waals surface area contributed by atoms with Crippen LogP contribution < -0.4 is 0 Å². The van der Waals surface area contributed by atoms with E-state index in [-0.39, 0.29) is 0 Å². The van der Waals surface area contributed by atoms with Crippen LogP contribution in [-0.2, 0) is 12.8 Å². The van der Waals surface area contributed by atoms with Crippen LogP contribution in [0.5, 0.6) is 0 Å². The zero-order valence-corrected chi connectivity index (χ0v) is 9.69. The van der Waals surface area contributed by atoms with Crippen LogP contribution >= 0.6 is 11.6 Å². The lowest BCUT2D eigenvalue weighted by Crippen LogP contribution is -2.06. The zero-order valence-electron chi connectivity index (χ0n) is 8.93. The monoisotopic (exact) mass is 232 g/mol. The largest absolute Gasteiger partial charge is 0.258 e. The van der Waals surface area contributed by atoms with Gasteiger partial charge in [-0.15, -0.1) is 11.6 Å². The van der Waals surface area contributed by atoms with Gasteiger partial charge in [0, 0.05) is 0 Å². The van der Waals surface area contributed by atoms with Crippen molar-refractivity contribution in [1.82, 2.24) is 0 Å². The van der Waals surface area contributed by atoms with Gasteiger partial charge in [-0.1, -0.05) is 32.0 Å². The molecule has 0 heterocycles. The summed E-state index contributed by atoms with van der Waals surface area (Å²) in [6, 6.07) is 5.66. The third-order valence-corrected chi connectivity index (χ3v) is 2.94. The normalized spacial score (nSPS) is 13.2. The Hall–Kier alpha value is -0.630. The van der Waals surface area contributed by atoms with Crippen LogP contribution in [0.3, 0.4) is 0 Å². The van der Waals surface area contributed by atoms with E-state index in [9.17, 15) is 8.78 Å². The molecule has 0 saturated heterocycles. The van der Waals surface area contributed by atoms with Crippen LogP contribution in [0.25, 0.3) is 0 Å². The first kappa shape index (κ1) is 12.4. The van der Waals surface area contributed by atoms with Crippen molar-refractivity contribution in [3.8, 4) is 0 Å². The van der Waals surface area contributed by atoms with Crippen LogP contribution in [0.15, 0.2) is 18.2 Å².